The van der Waals surface area contributed by atoms with Crippen molar-refractivity contribution in [3.63, 3.8) is 0 Å². The van der Waals surface area contributed by atoms with Crippen LogP contribution in [-0.4, -0.2) is 10.6 Å². The Balaban J connectivity index is 0.000000370. The minimum absolute atomic E-state index is 0. The smallest absolute Gasteiger partial charge is 0.674 e. The summed E-state index contributed by atoms with van der Waals surface area (Å²) in [7, 11) is 3.45. The first-order valence-electron chi connectivity index (χ1n) is 16.7. The van der Waals surface area contributed by atoms with E-state index in [1.54, 1.807) is 0 Å². The van der Waals surface area contributed by atoms with E-state index in [0.717, 1.165) is 28.9 Å². The molecule has 1 heterocycles. The van der Waals surface area contributed by atoms with Crippen LogP contribution in [-0.2, 0) is 42.9 Å². The van der Waals surface area contributed by atoms with Crippen molar-refractivity contribution in [1.82, 2.24) is 4.98 Å². The fourth-order valence-corrected chi connectivity index (χ4v) is 4.80. The quantitative estimate of drug-likeness (QED) is 0.149. The van der Waals surface area contributed by atoms with Gasteiger partial charge >= 0.3 is 26.2 Å². The Morgan fingerprint density at radius 3 is 1.39 bits per heavy atom. The van der Waals surface area contributed by atoms with Crippen molar-refractivity contribution in [2.45, 2.75) is 84.8 Å². The molecular weight excluding hydrogens is 676 g/mol. The second kappa shape index (κ2) is 22.2. The molecule has 0 saturated carbocycles. The molecule has 4 aromatic carbocycles. The summed E-state index contributed by atoms with van der Waals surface area (Å²) in [4.78, 5) is 4.50. The Labute approximate surface area is 318 Å². The van der Waals surface area contributed by atoms with Crippen LogP contribution in [0.1, 0.15) is 101 Å². The maximum Gasteiger partial charge on any atom is 4.00 e. The van der Waals surface area contributed by atoms with Gasteiger partial charge < -0.3 is 10.1 Å². The predicted molar refractivity (Wildman–Crippen MR) is 207 cm³/mol. The number of para-hydroxylation sites is 1. The first-order chi connectivity index (χ1) is 22.8. The first kappa shape index (κ1) is 43.4. The molecule has 49 heavy (non-hydrogen) atoms. The molecule has 1 aromatic heterocycles. The molecule has 0 aliphatic heterocycles. The molecule has 0 fully saturated rings. The van der Waals surface area contributed by atoms with Crippen LogP contribution in [0.25, 0.3) is 5.32 Å². The second-order valence-corrected chi connectivity index (χ2v) is 13.5. The van der Waals surface area contributed by atoms with Gasteiger partial charge in [0.2, 0.25) is 0 Å². The van der Waals surface area contributed by atoms with Crippen molar-refractivity contribution < 1.29 is 30.9 Å². The number of ether oxygens (including phenoxy) is 1. The van der Waals surface area contributed by atoms with Gasteiger partial charge in [-0.15, -0.1) is 30.0 Å². The zero-order valence-corrected chi connectivity index (χ0v) is 33.4. The summed E-state index contributed by atoms with van der Waals surface area (Å²) in [6, 6.07) is 42.6. The molecule has 256 valence electrons. The van der Waals surface area contributed by atoms with Crippen LogP contribution >= 0.6 is 0 Å². The van der Waals surface area contributed by atoms with E-state index in [0.29, 0.717) is 11.8 Å². The number of aromatic nitrogens is 1. The van der Waals surface area contributed by atoms with Crippen LogP contribution < -0.4 is 0 Å². The minimum Gasteiger partial charge on any atom is -0.674 e. The van der Waals surface area contributed by atoms with Crippen molar-refractivity contribution in [2.24, 2.45) is 0 Å². The summed E-state index contributed by atoms with van der Waals surface area (Å²) in [6.45, 7) is 24.7. The van der Waals surface area contributed by atoms with Gasteiger partial charge in [0.1, 0.15) is 0 Å². The second-order valence-electron chi connectivity index (χ2n) is 13.5. The van der Waals surface area contributed by atoms with E-state index >= 15 is 0 Å². The maximum atomic E-state index is 5.14. The van der Waals surface area contributed by atoms with Crippen molar-refractivity contribution in [3.8, 4) is 0 Å². The number of benzene rings is 4. The van der Waals surface area contributed by atoms with Gasteiger partial charge in [0.25, 0.3) is 0 Å². The molecule has 5 aromatic rings. The van der Waals surface area contributed by atoms with Gasteiger partial charge in [-0.2, -0.15) is 49.2 Å². The van der Waals surface area contributed by atoms with Crippen LogP contribution in [0.4, 0.5) is 5.69 Å². The molecule has 0 amide bonds. The molecule has 0 bridgehead atoms. The topological polar surface area (TPSA) is 36.2 Å². The number of hydrogen-bond donors (Lipinski definition) is 0. The fraction of sp³-hybridized carbons (Fsp3) is 0.289. The van der Waals surface area contributed by atoms with E-state index < -0.39 is 0 Å². The van der Waals surface area contributed by atoms with Crippen molar-refractivity contribution in [2.75, 3.05) is 0 Å². The Morgan fingerprint density at radius 1 is 0.612 bits per heavy atom. The molecule has 0 N–H and O–H groups in total. The standard InChI is InChI=1S/C20H27N2.C11H15O.2C7H7.Zr/c1-14(2)16-10-9-11-17(15(3)4)19(16)22-20(5,6)18-12-7-8-13-21-18;1-11(2,12-3)9-10-7-5-4-6-8-10;2*1-7-5-3-2-4-6-7;/h7-15H,1-6H3;4-8H,3,9H2,1-2H3;2*2-6H,1H2;/q4*-1;+4. The third kappa shape index (κ3) is 16.6. The molecule has 4 heteroatoms. The van der Waals surface area contributed by atoms with Crippen LogP contribution in [0.15, 0.2) is 134 Å². The van der Waals surface area contributed by atoms with E-state index in [9.17, 15) is 0 Å². The molecule has 0 aliphatic rings. The van der Waals surface area contributed by atoms with Gasteiger partial charge in [0.05, 0.1) is 0 Å². The zero-order valence-electron chi connectivity index (χ0n) is 31.0. The molecule has 0 aliphatic carbocycles. The van der Waals surface area contributed by atoms with E-state index in [2.05, 4.69) is 104 Å². The normalized spacial score (nSPS) is 10.7. The maximum absolute atomic E-state index is 5.14. The van der Waals surface area contributed by atoms with Crippen LogP contribution in [0, 0.1) is 21.0 Å². The minimum atomic E-state index is -0.337. The van der Waals surface area contributed by atoms with Gasteiger partial charge in [-0.1, -0.05) is 125 Å². The monoisotopic (exact) mass is 730 g/mol. The molecule has 0 spiro atoms. The van der Waals surface area contributed by atoms with Crippen LogP contribution in [0.3, 0.4) is 0 Å². The SMILES string of the molecule is CC(C)c1cccc(C(C)C)c1[N-]C(C)(C)c1ccccn1.[CH2-]OC(C)(C)Cc1ccccc1.[CH2-]c1ccccc1.[CH2-]c1ccccc1.[Zr+4]. The van der Waals surface area contributed by atoms with Gasteiger partial charge in [-0.25, -0.2) is 7.11 Å². The number of nitrogens with zero attached hydrogens (tertiary/aromatic N) is 2. The van der Waals surface area contributed by atoms with Gasteiger partial charge in [-0.05, 0) is 49.8 Å². The van der Waals surface area contributed by atoms with Gasteiger partial charge in [-0.3, -0.25) is 4.98 Å². The van der Waals surface area contributed by atoms with E-state index in [1.807, 2.05) is 111 Å². The third-order valence-electron chi connectivity index (χ3n) is 7.57. The first-order valence-corrected chi connectivity index (χ1v) is 16.7. The Hall–Kier alpha value is -3.59. The molecule has 5 rings (SSSR count). The largest absolute Gasteiger partial charge is 4.00 e. The van der Waals surface area contributed by atoms with Crippen LogP contribution in [0.5, 0.6) is 0 Å². The number of pyridine rings is 1. The Morgan fingerprint density at radius 2 is 1.04 bits per heavy atom. The van der Waals surface area contributed by atoms with E-state index in [4.69, 9.17) is 10.1 Å². The zero-order chi connectivity index (χ0) is 35.6. The summed E-state index contributed by atoms with van der Waals surface area (Å²) < 4.78 is 5.09. The van der Waals surface area contributed by atoms with Gasteiger partial charge in [0.15, 0.2) is 0 Å². The summed E-state index contributed by atoms with van der Waals surface area (Å²) in [5.74, 6) is 0.911. The van der Waals surface area contributed by atoms with Crippen molar-refractivity contribution in [3.05, 3.63) is 193 Å². The number of hydrogen-bond acceptors (Lipinski definition) is 2. The fourth-order valence-electron chi connectivity index (χ4n) is 4.80. The average Bonchev–Trinajstić information content (AvgIpc) is 3.07. The Kier molecular flexibility index (Phi) is 19.7. The summed E-state index contributed by atoms with van der Waals surface area (Å²) in [5.41, 5.74) is 7.70. The Bertz CT molecular complexity index is 1490. The molecule has 3 nitrogen and oxygen atoms in total. The van der Waals surface area contributed by atoms with Gasteiger partial charge in [0, 0.05) is 17.5 Å². The molecule has 0 saturated heterocycles. The van der Waals surface area contributed by atoms with Crippen molar-refractivity contribution in [1.29, 1.82) is 0 Å². The number of rotatable bonds is 8. The molecule has 0 atom stereocenters. The van der Waals surface area contributed by atoms with E-state index in [-0.39, 0.29) is 37.3 Å². The molecule has 0 unspecified atom stereocenters. The summed E-state index contributed by atoms with van der Waals surface area (Å²) in [5, 5.41) is 5.14. The predicted octanol–water partition coefficient (Wildman–Crippen LogP) is 12.8. The summed E-state index contributed by atoms with van der Waals surface area (Å²) >= 11 is 0. The van der Waals surface area contributed by atoms with Crippen molar-refractivity contribution >= 4 is 5.69 Å². The third-order valence-corrected chi connectivity index (χ3v) is 7.57. The van der Waals surface area contributed by atoms with E-state index in [1.165, 1.54) is 16.7 Å². The average molecular weight is 732 g/mol. The van der Waals surface area contributed by atoms with Crippen LogP contribution in [0.2, 0.25) is 0 Å². The molecular formula is C45H56N2OZr. The molecule has 0 radical (unpaired) electrons. The summed E-state index contributed by atoms with van der Waals surface area (Å²) in [6.07, 6.45) is 2.74.